The van der Waals surface area contributed by atoms with Crippen molar-refractivity contribution in [3.8, 4) is 0 Å². The first-order valence-corrected chi connectivity index (χ1v) is 13.4. The lowest BCUT2D eigenvalue weighted by molar-refractivity contribution is 0.0966. The summed E-state index contributed by atoms with van der Waals surface area (Å²) in [5.41, 5.74) is 6.44. The fourth-order valence-corrected chi connectivity index (χ4v) is 7.06. The lowest BCUT2D eigenvalue weighted by Crippen LogP contribution is -2.36. The van der Waals surface area contributed by atoms with Crippen LogP contribution < -0.4 is 16.4 Å². The number of benzene rings is 1. The van der Waals surface area contributed by atoms with Crippen LogP contribution >= 0.6 is 11.3 Å². The molecule has 0 unspecified atom stereocenters. The monoisotopic (exact) mass is 505 g/mol. The van der Waals surface area contributed by atoms with Gasteiger partial charge in [0.05, 0.1) is 10.5 Å². The summed E-state index contributed by atoms with van der Waals surface area (Å²) in [4.78, 5) is 40.3. The molecule has 0 aliphatic carbocycles. The zero-order valence-corrected chi connectivity index (χ0v) is 20.4. The second-order valence-electron chi connectivity index (χ2n) is 8.23. The highest BCUT2D eigenvalue weighted by atomic mass is 32.2. The summed E-state index contributed by atoms with van der Waals surface area (Å²) in [5.74, 6) is -1.14. The number of fused-ring (bicyclic) bond motifs is 1. The number of carbonyl (C=O) groups excluding carboxylic acids is 3. The number of amides is 4. The van der Waals surface area contributed by atoms with Crippen LogP contribution in [0.4, 0.5) is 9.80 Å². The van der Waals surface area contributed by atoms with E-state index in [2.05, 4.69) is 22.5 Å². The highest BCUT2D eigenvalue weighted by molar-refractivity contribution is 7.89. The van der Waals surface area contributed by atoms with E-state index < -0.39 is 27.9 Å². The maximum absolute atomic E-state index is 13.0. The molecule has 4 amide bonds. The highest BCUT2D eigenvalue weighted by Crippen LogP contribution is 2.37. The Hall–Kier alpha value is -2.80. The van der Waals surface area contributed by atoms with Gasteiger partial charge in [-0.25, -0.2) is 13.2 Å². The third-order valence-electron chi connectivity index (χ3n) is 6.09. The van der Waals surface area contributed by atoms with Gasteiger partial charge in [-0.15, -0.1) is 11.3 Å². The summed E-state index contributed by atoms with van der Waals surface area (Å²) >= 11 is 1.29. The number of rotatable bonds is 6. The van der Waals surface area contributed by atoms with Crippen molar-refractivity contribution in [3.05, 3.63) is 45.8 Å². The zero-order chi connectivity index (χ0) is 24.5. The maximum atomic E-state index is 13.0. The predicted molar refractivity (Wildman–Crippen MR) is 128 cm³/mol. The smallest absolute Gasteiger partial charge is 0.319 e. The summed E-state index contributed by atoms with van der Waals surface area (Å²) < 4.78 is 26.9. The number of hydrogen-bond donors (Lipinski definition) is 3. The third-order valence-corrected chi connectivity index (χ3v) is 9.14. The van der Waals surface area contributed by atoms with E-state index in [0.29, 0.717) is 31.1 Å². The molecule has 2 aliphatic rings. The van der Waals surface area contributed by atoms with Crippen LogP contribution in [0.5, 0.6) is 0 Å². The molecule has 2 aromatic rings. The van der Waals surface area contributed by atoms with Gasteiger partial charge in [-0.1, -0.05) is 6.92 Å². The minimum atomic E-state index is -3.58. The lowest BCUT2D eigenvalue weighted by atomic mass is 10.0. The minimum absolute atomic E-state index is 0.138. The molecule has 1 aromatic carbocycles. The third kappa shape index (κ3) is 4.85. The second kappa shape index (κ2) is 9.82. The Labute approximate surface area is 202 Å². The molecule has 10 nitrogen and oxygen atoms in total. The van der Waals surface area contributed by atoms with Crippen LogP contribution in [0.3, 0.4) is 0 Å². The van der Waals surface area contributed by atoms with E-state index in [-0.39, 0.29) is 16.0 Å². The largest absolute Gasteiger partial charge is 0.351 e. The van der Waals surface area contributed by atoms with Gasteiger partial charge in [-0.2, -0.15) is 4.31 Å². The number of carbonyl (C=O) groups is 3. The average Bonchev–Trinajstić information content (AvgIpc) is 3.46. The number of anilines is 1. The number of imide groups is 1. The Balaban J connectivity index is 1.58. The number of thiophene rings is 1. The molecule has 1 saturated heterocycles. The van der Waals surface area contributed by atoms with Crippen molar-refractivity contribution in [2.45, 2.75) is 37.6 Å². The molecule has 34 heavy (non-hydrogen) atoms. The predicted octanol–water partition coefficient (Wildman–Crippen LogP) is 1.97. The van der Waals surface area contributed by atoms with E-state index in [1.807, 2.05) is 0 Å². The molecule has 4 rings (SSSR count). The van der Waals surface area contributed by atoms with Crippen LogP contribution in [0.15, 0.2) is 29.2 Å². The van der Waals surface area contributed by atoms with Crippen molar-refractivity contribution < 1.29 is 22.8 Å². The number of likely N-dealkylation sites (N-methyl/N-ethyl adjacent to an activating group) is 1. The van der Waals surface area contributed by atoms with Crippen molar-refractivity contribution >= 4 is 44.2 Å². The van der Waals surface area contributed by atoms with E-state index in [4.69, 9.17) is 5.73 Å². The number of nitrogens with zero attached hydrogens (tertiary/aromatic N) is 2. The van der Waals surface area contributed by atoms with Crippen LogP contribution in [0.25, 0.3) is 0 Å². The number of hydrogen-bond acceptors (Lipinski definition) is 7. The number of primary amides is 1. The molecule has 0 spiro atoms. The highest BCUT2D eigenvalue weighted by Gasteiger charge is 2.30. The number of nitrogens with two attached hydrogens (primary N) is 1. The van der Waals surface area contributed by atoms with Gasteiger partial charge in [0.1, 0.15) is 5.00 Å². The van der Waals surface area contributed by atoms with Crippen molar-refractivity contribution in [2.24, 2.45) is 5.73 Å². The first-order chi connectivity index (χ1) is 16.2. The van der Waals surface area contributed by atoms with Gasteiger partial charge in [-0.05, 0) is 55.6 Å². The molecule has 182 valence electrons. The Morgan fingerprint density at radius 2 is 1.74 bits per heavy atom. The quantitative estimate of drug-likeness (QED) is 0.548. The molecule has 2 aliphatic heterocycles. The summed E-state index contributed by atoms with van der Waals surface area (Å²) in [5, 5.41) is 5.20. The first kappa shape index (κ1) is 24.3. The Bertz CT molecular complexity index is 1220. The van der Waals surface area contributed by atoms with Gasteiger partial charge >= 0.3 is 6.03 Å². The van der Waals surface area contributed by atoms with Gasteiger partial charge in [0.25, 0.3) is 11.8 Å². The fourth-order valence-electron chi connectivity index (χ4n) is 4.26. The van der Waals surface area contributed by atoms with E-state index in [1.54, 1.807) is 0 Å². The zero-order valence-electron chi connectivity index (χ0n) is 18.8. The van der Waals surface area contributed by atoms with E-state index in [9.17, 15) is 22.8 Å². The summed E-state index contributed by atoms with van der Waals surface area (Å²) in [7, 11) is -3.58. The van der Waals surface area contributed by atoms with Crippen molar-refractivity contribution in [1.82, 2.24) is 14.5 Å². The summed E-state index contributed by atoms with van der Waals surface area (Å²) in [6, 6.07) is 4.77. The topological polar surface area (TPSA) is 142 Å². The van der Waals surface area contributed by atoms with Crippen LogP contribution in [0.2, 0.25) is 0 Å². The van der Waals surface area contributed by atoms with Gasteiger partial charge < -0.3 is 11.1 Å². The fraction of sp³-hybridized carbons (Fsp3) is 0.409. The molecular weight excluding hydrogens is 478 g/mol. The Morgan fingerprint density at radius 3 is 2.35 bits per heavy atom. The molecule has 3 heterocycles. The molecule has 4 N–H and O–H groups in total. The second-order valence-corrected chi connectivity index (χ2v) is 11.3. The van der Waals surface area contributed by atoms with Crippen LogP contribution in [-0.2, 0) is 23.0 Å². The van der Waals surface area contributed by atoms with Gasteiger partial charge in [0.2, 0.25) is 10.0 Å². The molecule has 0 saturated carbocycles. The Morgan fingerprint density at radius 1 is 1.06 bits per heavy atom. The van der Waals surface area contributed by atoms with Crippen LogP contribution in [0.1, 0.15) is 50.9 Å². The van der Waals surface area contributed by atoms with Crippen LogP contribution in [0, 0.1) is 0 Å². The standard InChI is InChI=1S/C22H27N5O5S2/c1-2-26-12-9-16-17(13-26)33-21(18(16)20(29)25-22(23)30)24-19(28)14-5-7-15(8-6-14)34(31,32)27-10-3-4-11-27/h5-8H,2-4,9-13H2,1H3,(H,24,28)(H3,23,25,29,30). The number of nitrogens with one attached hydrogen (secondary N) is 2. The Kier molecular flexibility index (Phi) is 7.03. The molecule has 0 atom stereocenters. The molecular formula is C22H27N5O5S2. The van der Waals surface area contributed by atoms with Gasteiger partial charge in [0.15, 0.2) is 0 Å². The summed E-state index contributed by atoms with van der Waals surface area (Å²) in [6.07, 6.45) is 2.29. The van der Waals surface area contributed by atoms with E-state index in [0.717, 1.165) is 36.4 Å². The molecule has 1 aromatic heterocycles. The average molecular weight is 506 g/mol. The van der Waals surface area contributed by atoms with Crippen molar-refractivity contribution in [2.75, 3.05) is 31.5 Å². The molecule has 0 radical (unpaired) electrons. The van der Waals surface area contributed by atoms with Gasteiger partial charge in [0, 0.05) is 36.6 Å². The number of urea groups is 1. The SMILES string of the molecule is CCN1CCc2c(sc(NC(=O)c3ccc(S(=O)(=O)N4CCCC4)cc3)c2C(=O)NC(N)=O)C1. The normalized spacial score (nSPS) is 16.7. The molecule has 0 bridgehead atoms. The maximum Gasteiger partial charge on any atom is 0.319 e. The van der Waals surface area contributed by atoms with Crippen molar-refractivity contribution in [3.63, 3.8) is 0 Å². The summed E-state index contributed by atoms with van der Waals surface area (Å²) in [6.45, 7) is 5.31. The molecule has 1 fully saturated rings. The van der Waals surface area contributed by atoms with Crippen molar-refractivity contribution in [1.29, 1.82) is 0 Å². The van der Waals surface area contributed by atoms with E-state index >= 15 is 0 Å². The number of sulfonamides is 1. The van der Waals surface area contributed by atoms with Crippen LogP contribution in [-0.4, -0.2) is 61.6 Å². The minimum Gasteiger partial charge on any atom is -0.351 e. The van der Waals surface area contributed by atoms with Gasteiger partial charge in [-0.3, -0.25) is 19.8 Å². The van der Waals surface area contributed by atoms with E-state index in [1.165, 1.54) is 39.9 Å². The lowest BCUT2D eigenvalue weighted by Gasteiger charge is -2.25. The molecule has 12 heteroatoms. The first-order valence-electron chi connectivity index (χ1n) is 11.1.